The maximum atomic E-state index is 13.1. The van der Waals surface area contributed by atoms with Gasteiger partial charge >= 0.3 is 5.97 Å². The van der Waals surface area contributed by atoms with Crippen molar-refractivity contribution in [1.29, 1.82) is 0 Å². The lowest BCUT2D eigenvalue weighted by Crippen LogP contribution is -2.00. The number of carbonyl (C=O) groups excluding carboxylic acids is 1. The third kappa shape index (κ3) is 8.72. The molecule has 0 rings (SSSR count). The van der Waals surface area contributed by atoms with Gasteiger partial charge in [-0.1, -0.05) is 19.3 Å². The van der Waals surface area contributed by atoms with E-state index in [1.165, 1.54) is 6.92 Å². The van der Waals surface area contributed by atoms with Crippen molar-refractivity contribution in [3.8, 4) is 0 Å². The Morgan fingerprint density at radius 3 is 1.95 bits per heavy atom. The van der Waals surface area contributed by atoms with Gasteiger partial charge in [0.25, 0.3) is 0 Å². The number of halogens is 4. The molecule has 0 radical (unpaired) electrons. The summed E-state index contributed by atoms with van der Waals surface area (Å²) in [6.07, 6.45) is 3.03. The van der Waals surface area contributed by atoms with Crippen LogP contribution in [-0.4, -0.2) is 12.6 Å². The molecule has 0 aromatic heterocycles. The van der Waals surface area contributed by atoms with E-state index in [0.717, 1.165) is 19.8 Å². The zero-order valence-electron chi connectivity index (χ0n) is 11.8. The molecule has 0 aliphatic heterocycles. The minimum atomic E-state index is -1.77. The zero-order valence-corrected chi connectivity index (χ0v) is 11.8. The number of carbonyl (C=O) groups is 1. The van der Waals surface area contributed by atoms with Crippen molar-refractivity contribution in [2.24, 2.45) is 0 Å². The van der Waals surface area contributed by atoms with Crippen molar-refractivity contribution in [3.05, 3.63) is 23.3 Å². The summed E-state index contributed by atoms with van der Waals surface area (Å²) in [4.78, 5) is 10.5. The predicted molar refractivity (Wildman–Crippen MR) is 68.5 cm³/mol. The van der Waals surface area contributed by atoms with E-state index in [9.17, 15) is 22.4 Å². The van der Waals surface area contributed by atoms with Crippen LogP contribution in [0.4, 0.5) is 17.6 Å². The molecule has 0 aliphatic carbocycles. The number of esters is 1. The second-order valence-electron chi connectivity index (χ2n) is 4.42. The Labute approximate surface area is 116 Å². The lowest BCUT2D eigenvalue weighted by molar-refractivity contribution is -0.141. The second kappa shape index (κ2) is 10.5. The Kier molecular flexibility index (Phi) is 9.76. The molecule has 0 saturated carbocycles. The average molecular weight is 296 g/mol. The molecule has 0 atom stereocenters. The van der Waals surface area contributed by atoms with Crippen LogP contribution in [0, 0.1) is 0 Å². The van der Waals surface area contributed by atoms with Gasteiger partial charge in [-0.2, -0.15) is 0 Å². The number of ether oxygens (including phenoxy) is 1. The molecule has 20 heavy (non-hydrogen) atoms. The lowest BCUT2D eigenvalue weighted by Gasteiger charge is -2.03. The van der Waals surface area contributed by atoms with Gasteiger partial charge in [0.2, 0.25) is 0 Å². The highest BCUT2D eigenvalue weighted by Crippen LogP contribution is 2.25. The third-order valence-electron chi connectivity index (χ3n) is 2.58. The monoisotopic (exact) mass is 296 g/mol. The van der Waals surface area contributed by atoms with E-state index < -0.39 is 23.3 Å². The Morgan fingerprint density at radius 1 is 0.850 bits per heavy atom. The molecule has 0 amide bonds. The molecular weight excluding hydrogens is 276 g/mol. The van der Waals surface area contributed by atoms with Gasteiger partial charge in [0.05, 0.1) is 6.61 Å². The Hall–Kier alpha value is -1.33. The molecular formula is C14H20F4O2. The molecule has 0 heterocycles. The minimum absolute atomic E-state index is 0.253. The number of allylic oxidation sites excluding steroid dienone is 4. The first-order valence-corrected chi connectivity index (χ1v) is 6.56. The van der Waals surface area contributed by atoms with Crippen molar-refractivity contribution in [2.45, 2.75) is 52.4 Å². The molecule has 0 fully saturated rings. The fourth-order valence-corrected chi connectivity index (χ4v) is 1.51. The maximum absolute atomic E-state index is 13.1. The number of hydrogen-bond acceptors (Lipinski definition) is 2. The van der Waals surface area contributed by atoms with Crippen LogP contribution < -0.4 is 0 Å². The standard InChI is InChI=1S/C14H20F4O2/c1-10(15)13(17)14(18)12(16)8-6-4-3-5-7-9-20-11(2)19/h3-9H2,1-2H3/b13-10+,14-12+. The first kappa shape index (κ1) is 18.7. The molecule has 6 heteroatoms. The zero-order chi connectivity index (χ0) is 15.5. The normalized spacial score (nSPS) is 13.7. The van der Waals surface area contributed by atoms with E-state index in [2.05, 4.69) is 0 Å². The van der Waals surface area contributed by atoms with Crippen molar-refractivity contribution in [3.63, 3.8) is 0 Å². The van der Waals surface area contributed by atoms with E-state index in [1.54, 1.807) is 0 Å². The molecule has 0 spiro atoms. The molecule has 116 valence electrons. The summed E-state index contributed by atoms with van der Waals surface area (Å²) in [5.41, 5.74) is 0. The number of hydrogen-bond donors (Lipinski definition) is 0. The van der Waals surface area contributed by atoms with E-state index >= 15 is 0 Å². The summed E-state index contributed by atoms with van der Waals surface area (Å²) in [6.45, 7) is 2.41. The van der Waals surface area contributed by atoms with Crippen LogP contribution in [0.3, 0.4) is 0 Å². The quantitative estimate of drug-likeness (QED) is 0.253. The topological polar surface area (TPSA) is 26.3 Å². The van der Waals surface area contributed by atoms with Crippen molar-refractivity contribution < 1.29 is 27.1 Å². The summed E-state index contributed by atoms with van der Waals surface area (Å²) in [6, 6.07) is 0. The summed E-state index contributed by atoms with van der Waals surface area (Å²) in [7, 11) is 0. The third-order valence-corrected chi connectivity index (χ3v) is 2.58. The van der Waals surface area contributed by atoms with E-state index in [-0.39, 0.29) is 12.4 Å². The summed E-state index contributed by atoms with van der Waals surface area (Å²) in [5, 5.41) is 0. The van der Waals surface area contributed by atoms with E-state index in [1.807, 2.05) is 0 Å². The van der Waals surface area contributed by atoms with Crippen LogP contribution in [0.25, 0.3) is 0 Å². The molecule has 2 nitrogen and oxygen atoms in total. The fraction of sp³-hybridized carbons (Fsp3) is 0.643. The van der Waals surface area contributed by atoms with Gasteiger partial charge < -0.3 is 4.74 Å². The van der Waals surface area contributed by atoms with Crippen molar-refractivity contribution in [2.75, 3.05) is 6.61 Å². The molecule has 0 unspecified atom stereocenters. The Morgan fingerprint density at radius 2 is 1.40 bits per heavy atom. The smallest absolute Gasteiger partial charge is 0.302 e. The highest BCUT2D eigenvalue weighted by Gasteiger charge is 2.14. The molecule has 0 saturated heterocycles. The van der Waals surface area contributed by atoms with Gasteiger partial charge in [-0.25, -0.2) is 17.6 Å². The van der Waals surface area contributed by atoms with Crippen LogP contribution in [0.2, 0.25) is 0 Å². The molecule has 0 aliphatic rings. The first-order chi connectivity index (χ1) is 9.36. The maximum Gasteiger partial charge on any atom is 0.302 e. The second-order valence-corrected chi connectivity index (χ2v) is 4.42. The van der Waals surface area contributed by atoms with Gasteiger partial charge in [-0.05, 0) is 19.8 Å². The largest absolute Gasteiger partial charge is 0.466 e. The number of rotatable bonds is 9. The SMILES string of the molecule is CC(=O)OCCCCCCC/C(F)=C(F)/C(F)=C(/C)F. The van der Waals surface area contributed by atoms with Crippen LogP contribution >= 0.6 is 0 Å². The van der Waals surface area contributed by atoms with Gasteiger partial charge in [-0.3, -0.25) is 4.79 Å². The fourth-order valence-electron chi connectivity index (χ4n) is 1.51. The summed E-state index contributed by atoms with van der Waals surface area (Å²) < 4.78 is 55.9. The predicted octanol–water partition coefficient (Wildman–Crippen LogP) is 5.21. The van der Waals surface area contributed by atoms with Gasteiger partial charge in [0, 0.05) is 13.3 Å². The van der Waals surface area contributed by atoms with Gasteiger partial charge in [0.1, 0.15) is 11.7 Å². The van der Waals surface area contributed by atoms with Crippen molar-refractivity contribution in [1.82, 2.24) is 0 Å². The highest BCUT2D eigenvalue weighted by molar-refractivity contribution is 5.65. The molecule has 0 bridgehead atoms. The van der Waals surface area contributed by atoms with Crippen molar-refractivity contribution >= 4 is 5.97 Å². The lowest BCUT2D eigenvalue weighted by atomic mass is 10.1. The Balaban J connectivity index is 3.77. The van der Waals surface area contributed by atoms with Gasteiger partial charge in [0.15, 0.2) is 11.7 Å². The van der Waals surface area contributed by atoms with E-state index in [4.69, 9.17) is 4.74 Å². The van der Waals surface area contributed by atoms with Crippen LogP contribution in [-0.2, 0) is 9.53 Å². The average Bonchev–Trinajstić information content (AvgIpc) is 2.39. The molecule has 0 aromatic carbocycles. The summed E-state index contributed by atoms with van der Waals surface area (Å²) >= 11 is 0. The molecule has 0 aromatic rings. The summed E-state index contributed by atoms with van der Waals surface area (Å²) in [5.74, 6) is -6.49. The van der Waals surface area contributed by atoms with Crippen LogP contribution in [0.1, 0.15) is 52.4 Å². The highest BCUT2D eigenvalue weighted by atomic mass is 19.2. The van der Waals surface area contributed by atoms with Gasteiger partial charge in [-0.15, -0.1) is 0 Å². The van der Waals surface area contributed by atoms with E-state index in [0.29, 0.717) is 25.9 Å². The Bertz CT molecular complexity index is 371. The van der Waals surface area contributed by atoms with Crippen LogP contribution in [0.5, 0.6) is 0 Å². The van der Waals surface area contributed by atoms with Crippen LogP contribution in [0.15, 0.2) is 23.3 Å². The minimum Gasteiger partial charge on any atom is -0.466 e. The first-order valence-electron chi connectivity index (χ1n) is 6.56. The number of unbranched alkanes of at least 4 members (excludes halogenated alkanes) is 4. The molecule has 0 N–H and O–H groups in total.